The number of carbonyl (C=O) groups is 1. The summed E-state index contributed by atoms with van der Waals surface area (Å²) in [6, 6.07) is 5.58. The maximum absolute atomic E-state index is 11.7. The van der Waals surface area contributed by atoms with Gasteiger partial charge in [-0.25, -0.2) is 4.99 Å². The van der Waals surface area contributed by atoms with E-state index in [2.05, 4.69) is 22.5 Å². The van der Waals surface area contributed by atoms with E-state index in [9.17, 15) is 4.79 Å². The van der Waals surface area contributed by atoms with E-state index in [0.29, 0.717) is 25.3 Å². The molecule has 2 saturated heterocycles. The number of hydrogen-bond acceptors (Lipinski definition) is 5. The molecule has 4 rings (SSSR count). The average Bonchev–Trinajstić information content (AvgIpc) is 3.30. The number of guanidine groups is 1. The van der Waals surface area contributed by atoms with Crippen LogP contribution in [0.25, 0.3) is 0 Å². The number of piperidine rings is 1. The summed E-state index contributed by atoms with van der Waals surface area (Å²) in [5, 5.41) is 6.38. The number of nitrogens with zero attached hydrogens (tertiary/aromatic N) is 2. The second kappa shape index (κ2) is 8.16. The normalized spacial score (nSPS) is 23.8. The Balaban J connectivity index is 1.33. The molecule has 28 heavy (non-hydrogen) atoms. The van der Waals surface area contributed by atoms with E-state index in [1.54, 1.807) is 0 Å². The van der Waals surface area contributed by atoms with Gasteiger partial charge in [-0.1, -0.05) is 0 Å². The fourth-order valence-electron chi connectivity index (χ4n) is 4.14. The first-order chi connectivity index (χ1) is 13.7. The van der Waals surface area contributed by atoms with E-state index in [-0.39, 0.29) is 18.1 Å². The number of benzene rings is 1. The molecule has 0 bridgehead atoms. The van der Waals surface area contributed by atoms with Crippen LogP contribution >= 0.6 is 0 Å². The molecule has 3 heterocycles. The smallest absolute Gasteiger partial charge is 0.231 e. The molecule has 3 aliphatic heterocycles. The number of aliphatic imine (C=N–C) groups is 1. The molecule has 1 unspecified atom stereocenters. The summed E-state index contributed by atoms with van der Waals surface area (Å²) in [7, 11) is 0. The first kappa shape index (κ1) is 18.7. The molecule has 1 aromatic rings. The predicted octanol–water partition coefficient (Wildman–Crippen LogP) is 1.36. The Morgan fingerprint density at radius 3 is 3.11 bits per heavy atom. The van der Waals surface area contributed by atoms with Crippen LogP contribution in [-0.4, -0.2) is 62.9 Å². The summed E-state index contributed by atoms with van der Waals surface area (Å²) >= 11 is 0. The van der Waals surface area contributed by atoms with Crippen molar-refractivity contribution < 1.29 is 19.0 Å². The topological polar surface area (TPSA) is 84.4 Å². The summed E-state index contributed by atoms with van der Waals surface area (Å²) < 4.78 is 16.5. The SMILES string of the molecule is CCNC(=NCCOc1ccc2c(c1)OCO2)N1CCCC2(CNC(=O)C2)C1. The van der Waals surface area contributed by atoms with Crippen LogP contribution in [0.1, 0.15) is 26.2 Å². The fraction of sp³-hybridized carbons (Fsp3) is 0.600. The second-order valence-corrected chi connectivity index (χ2v) is 7.58. The Kier molecular flexibility index (Phi) is 5.45. The zero-order valence-electron chi connectivity index (χ0n) is 16.3. The van der Waals surface area contributed by atoms with Crippen LogP contribution < -0.4 is 24.8 Å². The van der Waals surface area contributed by atoms with E-state index in [1.807, 2.05) is 18.2 Å². The van der Waals surface area contributed by atoms with Crippen LogP contribution in [-0.2, 0) is 4.79 Å². The molecule has 0 aromatic heterocycles. The lowest BCUT2D eigenvalue weighted by atomic mass is 9.79. The molecule has 2 N–H and O–H groups in total. The molecule has 2 fully saturated rings. The van der Waals surface area contributed by atoms with Crippen LogP contribution in [0.5, 0.6) is 17.2 Å². The third-order valence-electron chi connectivity index (χ3n) is 5.46. The molecule has 1 aromatic carbocycles. The summed E-state index contributed by atoms with van der Waals surface area (Å²) in [4.78, 5) is 18.8. The standard InChI is InChI=1S/C20H28N4O4/c1-2-21-19(24-8-3-6-20(13-24)11-18(25)23-12-20)22-7-9-26-15-4-5-16-17(10-15)28-14-27-16/h4-5,10H,2-3,6-9,11-14H2,1H3,(H,21,22)(H,23,25). The van der Waals surface area contributed by atoms with Crippen LogP contribution in [0.2, 0.25) is 0 Å². The van der Waals surface area contributed by atoms with E-state index < -0.39 is 0 Å². The molecular formula is C20H28N4O4. The van der Waals surface area contributed by atoms with Crippen LogP contribution in [0, 0.1) is 5.41 Å². The second-order valence-electron chi connectivity index (χ2n) is 7.58. The molecule has 0 radical (unpaired) electrons. The highest BCUT2D eigenvalue weighted by Crippen LogP contribution is 2.36. The van der Waals surface area contributed by atoms with Crippen molar-refractivity contribution >= 4 is 11.9 Å². The van der Waals surface area contributed by atoms with Crippen molar-refractivity contribution in [2.75, 3.05) is 46.1 Å². The molecule has 8 nitrogen and oxygen atoms in total. The third-order valence-corrected chi connectivity index (χ3v) is 5.46. The Morgan fingerprint density at radius 2 is 2.29 bits per heavy atom. The van der Waals surface area contributed by atoms with Gasteiger partial charge in [-0.15, -0.1) is 0 Å². The monoisotopic (exact) mass is 388 g/mol. The van der Waals surface area contributed by atoms with Gasteiger partial charge < -0.3 is 29.7 Å². The summed E-state index contributed by atoms with van der Waals surface area (Å²) in [6.07, 6.45) is 2.79. The maximum Gasteiger partial charge on any atom is 0.231 e. The molecular weight excluding hydrogens is 360 g/mol. The highest BCUT2D eigenvalue weighted by Gasteiger charge is 2.42. The third kappa shape index (κ3) is 4.10. The number of nitrogens with one attached hydrogen (secondary N) is 2. The van der Waals surface area contributed by atoms with E-state index >= 15 is 0 Å². The average molecular weight is 388 g/mol. The number of rotatable bonds is 5. The largest absolute Gasteiger partial charge is 0.492 e. The van der Waals surface area contributed by atoms with Gasteiger partial charge >= 0.3 is 0 Å². The van der Waals surface area contributed by atoms with Crippen molar-refractivity contribution in [3.63, 3.8) is 0 Å². The number of hydrogen-bond donors (Lipinski definition) is 2. The summed E-state index contributed by atoms with van der Waals surface area (Å²) in [5.74, 6) is 3.28. The lowest BCUT2D eigenvalue weighted by molar-refractivity contribution is -0.119. The number of ether oxygens (including phenoxy) is 3. The molecule has 0 aliphatic carbocycles. The van der Waals surface area contributed by atoms with Crippen molar-refractivity contribution in [3.05, 3.63) is 18.2 Å². The van der Waals surface area contributed by atoms with Gasteiger partial charge in [-0.3, -0.25) is 4.79 Å². The quantitative estimate of drug-likeness (QED) is 0.450. The van der Waals surface area contributed by atoms with Crippen LogP contribution in [0.4, 0.5) is 0 Å². The van der Waals surface area contributed by atoms with Gasteiger partial charge in [0.15, 0.2) is 17.5 Å². The van der Waals surface area contributed by atoms with Crippen LogP contribution in [0.3, 0.4) is 0 Å². The molecule has 152 valence electrons. The van der Waals surface area contributed by atoms with Crippen LogP contribution in [0.15, 0.2) is 23.2 Å². The van der Waals surface area contributed by atoms with E-state index in [0.717, 1.165) is 56.5 Å². The minimum absolute atomic E-state index is 0.0501. The minimum atomic E-state index is 0.0501. The molecule has 1 spiro atoms. The number of likely N-dealkylation sites (tertiary alicyclic amines) is 1. The molecule has 1 amide bonds. The highest BCUT2D eigenvalue weighted by molar-refractivity contribution is 5.81. The van der Waals surface area contributed by atoms with Crippen molar-refractivity contribution in [2.24, 2.45) is 10.4 Å². The Hall–Kier alpha value is -2.64. The van der Waals surface area contributed by atoms with E-state index in [1.165, 1.54) is 0 Å². The molecule has 8 heteroatoms. The Morgan fingerprint density at radius 1 is 1.39 bits per heavy atom. The van der Waals surface area contributed by atoms with Gasteiger partial charge in [0.1, 0.15) is 12.4 Å². The Labute approximate surface area is 165 Å². The lowest BCUT2D eigenvalue weighted by Gasteiger charge is -2.40. The lowest BCUT2D eigenvalue weighted by Crippen LogP contribution is -2.51. The zero-order valence-corrected chi connectivity index (χ0v) is 16.3. The number of fused-ring (bicyclic) bond motifs is 1. The van der Waals surface area contributed by atoms with Gasteiger partial charge in [0.2, 0.25) is 12.7 Å². The van der Waals surface area contributed by atoms with Crippen molar-refractivity contribution in [3.8, 4) is 17.2 Å². The Bertz CT molecular complexity index is 754. The summed E-state index contributed by atoms with van der Waals surface area (Å²) in [6.45, 7) is 6.76. The predicted molar refractivity (Wildman–Crippen MR) is 105 cm³/mol. The van der Waals surface area contributed by atoms with Crippen molar-refractivity contribution in [1.29, 1.82) is 0 Å². The van der Waals surface area contributed by atoms with Crippen molar-refractivity contribution in [1.82, 2.24) is 15.5 Å². The summed E-state index contributed by atoms with van der Waals surface area (Å²) in [5.41, 5.74) is 0.0501. The van der Waals surface area contributed by atoms with E-state index in [4.69, 9.17) is 19.2 Å². The first-order valence-corrected chi connectivity index (χ1v) is 10.00. The number of amides is 1. The highest BCUT2D eigenvalue weighted by atomic mass is 16.7. The zero-order chi connectivity index (χ0) is 19.4. The van der Waals surface area contributed by atoms with Crippen molar-refractivity contribution in [2.45, 2.75) is 26.2 Å². The van der Waals surface area contributed by atoms with Gasteiger partial charge in [-0.05, 0) is 31.9 Å². The number of carbonyl (C=O) groups excluding carboxylic acids is 1. The van der Waals surface area contributed by atoms with Gasteiger partial charge in [-0.2, -0.15) is 0 Å². The van der Waals surface area contributed by atoms with Gasteiger partial charge in [0.25, 0.3) is 0 Å². The molecule has 1 atom stereocenters. The first-order valence-electron chi connectivity index (χ1n) is 10.00. The maximum atomic E-state index is 11.7. The van der Waals surface area contributed by atoms with Gasteiger partial charge in [0, 0.05) is 44.1 Å². The molecule has 3 aliphatic rings. The van der Waals surface area contributed by atoms with Gasteiger partial charge in [0.05, 0.1) is 6.54 Å². The minimum Gasteiger partial charge on any atom is -0.492 e. The fourth-order valence-corrected chi connectivity index (χ4v) is 4.14. The molecule has 0 saturated carbocycles.